The number of rotatable bonds is 8. The summed E-state index contributed by atoms with van der Waals surface area (Å²) in [6.07, 6.45) is 1.61. The molecule has 8 heteroatoms. The van der Waals surface area contributed by atoms with Crippen LogP contribution in [0.5, 0.6) is 0 Å². The summed E-state index contributed by atoms with van der Waals surface area (Å²) >= 11 is 0. The van der Waals surface area contributed by atoms with Crippen molar-refractivity contribution in [1.29, 1.82) is 0 Å². The van der Waals surface area contributed by atoms with E-state index in [0.717, 1.165) is 38.0 Å². The number of likely N-dealkylation sites (tertiary alicyclic amines) is 1. The number of nitrogens with zero attached hydrogens (tertiary/aromatic N) is 2. The number of amides is 1. The van der Waals surface area contributed by atoms with E-state index in [9.17, 15) is 13.2 Å². The molecule has 3 aliphatic rings. The van der Waals surface area contributed by atoms with Gasteiger partial charge in [-0.05, 0) is 42.4 Å². The van der Waals surface area contributed by atoms with Gasteiger partial charge in [-0.1, -0.05) is 48.5 Å². The number of hydrogen-bond donors (Lipinski definition) is 1. The third kappa shape index (κ3) is 5.05. The van der Waals surface area contributed by atoms with Gasteiger partial charge in [-0.25, -0.2) is 8.42 Å². The predicted molar refractivity (Wildman–Crippen MR) is 129 cm³/mol. The molecule has 3 saturated heterocycles. The molecule has 3 unspecified atom stereocenters. The second kappa shape index (κ2) is 10.2. The first kappa shape index (κ1) is 23.5. The second-order valence-corrected chi connectivity index (χ2v) is 11.7. The SMILES string of the molecule is O=C(NC(CCN1CC2CN(S(=O)(=O)c3ccccc3)C[C@@H]2C1)c1ccccc1)C1CCOC1. The van der Waals surface area contributed by atoms with E-state index in [-0.39, 0.29) is 17.9 Å². The minimum atomic E-state index is -3.42. The first-order valence-electron chi connectivity index (χ1n) is 12.2. The normalized spacial score (nSPS) is 26.4. The van der Waals surface area contributed by atoms with Gasteiger partial charge in [0.05, 0.1) is 23.5 Å². The molecule has 0 spiro atoms. The van der Waals surface area contributed by atoms with Gasteiger partial charge in [0, 0.05) is 39.3 Å². The van der Waals surface area contributed by atoms with Crippen molar-refractivity contribution in [2.45, 2.75) is 23.8 Å². The molecule has 0 bridgehead atoms. The molecule has 1 amide bonds. The molecule has 0 aliphatic carbocycles. The minimum Gasteiger partial charge on any atom is -0.381 e. The molecule has 7 nitrogen and oxygen atoms in total. The zero-order chi connectivity index (χ0) is 23.5. The lowest BCUT2D eigenvalue weighted by Crippen LogP contribution is -2.37. The number of carbonyl (C=O) groups excluding carboxylic acids is 1. The van der Waals surface area contributed by atoms with E-state index in [1.54, 1.807) is 28.6 Å². The summed E-state index contributed by atoms with van der Waals surface area (Å²) in [5.74, 6) is 0.735. The third-order valence-electron chi connectivity index (χ3n) is 7.46. The summed E-state index contributed by atoms with van der Waals surface area (Å²) in [6.45, 7) is 5.00. The van der Waals surface area contributed by atoms with E-state index in [4.69, 9.17) is 4.74 Å². The maximum Gasteiger partial charge on any atom is 0.243 e. The molecule has 2 aromatic carbocycles. The van der Waals surface area contributed by atoms with Crippen molar-refractivity contribution in [2.24, 2.45) is 17.8 Å². The highest BCUT2D eigenvalue weighted by Gasteiger charge is 2.44. The Hall–Kier alpha value is -2.26. The van der Waals surface area contributed by atoms with Crippen molar-refractivity contribution >= 4 is 15.9 Å². The van der Waals surface area contributed by atoms with Crippen LogP contribution in [0.4, 0.5) is 0 Å². The smallest absolute Gasteiger partial charge is 0.243 e. The quantitative estimate of drug-likeness (QED) is 0.624. The van der Waals surface area contributed by atoms with Crippen molar-refractivity contribution in [2.75, 3.05) is 45.9 Å². The zero-order valence-electron chi connectivity index (χ0n) is 19.4. The molecule has 182 valence electrons. The lowest BCUT2D eigenvalue weighted by atomic mass is 10.0. The Morgan fingerprint density at radius 1 is 0.971 bits per heavy atom. The van der Waals surface area contributed by atoms with Crippen molar-refractivity contribution in [3.05, 3.63) is 66.2 Å². The van der Waals surface area contributed by atoms with Gasteiger partial charge in [0.2, 0.25) is 15.9 Å². The number of fused-ring (bicyclic) bond motifs is 1. The van der Waals surface area contributed by atoms with Crippen molar-refractivity contribution in [1.82, 2.24) is 14.5 Å². The maximum absolute atomic E-state index is 13.0. The fourth-order valence-electron chi connectivity index (χ4n) is 5.52. The summed E-state index contributed by atoms with van der Waals surface area (Å²) in [5.41, 5.74) is 1.12. The molecule has 0 saturated carbocycles. The van der Waals surface area contributed by atoms with Gasteiger partial charge >= 0.3 is 0 Å². The Morgan fingerprint density at radius 3 is 2.24 bits per heavy atom. The lowest BCUT2D eigenvalue weighted by Gasteiger charge is -2.25. The molecule has 34 heavy (non-hydrogen) atoms. The molecule has 3 heterocycles. The molecule has 2 aromatic rings. The molecule has 5 rings (SSSR count). The average Bonchev–Trinajstić information content (AvgIpc) is 3.60. The first-order valence-corrected chi connectivity index (χ1v) is 13.7. The van der Waals surface area contributed by atoms with Crippen LogP contribution < -0.4 is 5.32 Å². The Kier molecular flexibility index (Phi) is 7.01. The second-order valence-electron chi connectivity index (χ2n) is 9.74. The van der Waals surface area contributed by atoms with E-state index in [1.807, 2.05) is 24.3 Å². The summed E-state index contributed by atoms with van der Waals surface area (Å²) in [7, 11) is -3.42. The fourth-order valence-corrected chi connectivity index (χ4v) is 7.09. The maximum atomic E-state index is 13.0. The van der Waals surface area contributed by atoms with Gasteiger partial charge in [0.15, 0.2) is 0 Å². The number of sulfonamides is 1. The van der Waals surface area contributed by atoms with Crippen LogP contribution in [-0.2, 0) is 19.6 Å². The number of ether oxygens (including phenoxy) is 1. The highest BCUT2D eigenvalue weighted by molar-refractivity contribution is 7.89. The number of nitrogens with one attached hydrogen (secondary N) is 1. The Balaban J connectivity index is 1.17. The topological polar surface area (TPSA) is 79.0 Å². The van der Waals surface area contributed by atoms with Crippen molar-refractivity contribution in [3.63, 3.8) is 0 Å². The van der Waals surface area contributed by atoms with Crippen molar-refractivity contribution in [3.8, 4) is 0 Å². The molecule has 1 N–H and O–H groups in total. The summed E-state index contributed by atoms with van der Waals surface area (Å²) in [6, 6.07) is 18.8. The largest absolute Gasteiger partial charge is 0.381 e. The lowest BCUT2D eigenvalue weighted by molar-refractivity contribution is -0.125. The summed E-state index contributed by atoms with van der Waals surface area (Å²) in [4.78, 5) is 15.6. The monoisotopic (exact) mass is 483 g/mol. The van der Waals surface area contributed by atoms with Gasteiger partial charge in [-0.2, -0.15) is 4.31 Å². The van der Waals surface area contributed by atoms with E-state index in [0.29, 0.717) is 43.0 Å². The number of hydrogen-bond acceptors (Lipinski definition) is 5. The van der Waals surface area contributed by atoms with E-state index >= 15 is 0 Å². The van der Waals surface area contributed by atoms with Crippen LogP contribution in [0, 0.1) is 17.8 Å². The van der Waals surface area contributed by atoms with Gasteiger partial charge in [-0.3, -0.25) is 4.79 Å². The van der Waals surface area contributed by atoms with Gasteiger partial charge in [-0.15, -0.1) is 0 Å². The van der Waals surface area contributed by atoms with Crippen LogP contribution in [0.1, 0.15) is 24.4 Å². The third-order valence-corrected chi connectivity index (χ3v) is 9.31. The van der Waals surface area contributed by atoms with E-state index < -0.39 is 10.0 Å². The molecule has 0 radical (unpaired) electrons. The highest BCUT2D eigenvalue weighted by Crippen LogP contribution is 2.34. The number of benzene rings is 2. The molecular formula is C26H33N3O4S. The fraction of sp³-hybridized carbons (Fsp3) is 0.500. The molecule has 3 fully saturated rings. The van der Waals surface area contributed by atoms with Crippen LogP contribution in [-0.4, -0.2) is 69.5 Å². The molecular weight excluding hydrogens is 450 g/mol. The number of carbonyl (C=O) groups is 1. The zero-order valence-corrected chi connectivity index (χ0v) is 20.2. The highest BCUT2D eigenvalue weighted by atomic mass is 32.2. The van der Waals surface area contributed by atoms with Crippen LogP contribution in [0.2, 0.25) is 0 Å². The average molecular weight is 484 g/mol. The summed E-state index contributed by atoms with van der Waals surface area (Å²) < 4.78 is 33.0. The molecule has 3 aliphatic heterocycles. The van der Waals surface area contributed by atoms with Gasteiger partial charge in [0.25, 0.3) is 0 Å². The minimum absolute atomic E-state index is 0.0373. The molecule has 0 aromatic heterocycles. The van der Waals surface area contributed by atoms with Gasteiger partial charge in [0.1, 0.15) is 0 Å². The first-order chi connectivity index (χ1) is 16.5. The summed E-state index contributed by atoms with van der Waals surface area (Å²) in [5, 5.41) is 3.26. The Morgan fingerprint density at radius 2 is 1.62 bits per heavy atom. The van der Waals surface area contributed by atoms with Crippen LogP contribution >= 0.6 is 0 Å². The Bertz CT molecular complexity index is 1060. The van der Waals surface area contributed by atoms with Crippen molar-refractivity contribution < 1.29 is 17.9 Å². The van der Waals surface area contributed by atoms with Gasteiger partial charge < -0.3 is 15.0 Å². The van der Waals surface area contributed by atoms with E-state index in [2.05, 4.69) is 22.3 Å². The predicted octanol–water partition coefficient (Wildman–Crippen LogP) is 2.52. The van der Waals surface area contributed by atoms with Crippen LogP contribution in [0.3, 0.4) is 0 Å². The van der Waals surface area contributed by atoms with E-state index in [1.165, 1.54) is 0 Å². The standard InChI is InChI=1S/C26H33N3O4S/c30-26(21-12-14-33-19-21)27-25(20-7-3-1-4-8-20)11-13-28-15-22-17-29(18-23(22)16-28)34(31,32)24-9-5-2-6-10-24/h1-10,21-23,25H,11-19H2,(H,27,30)/t21?,22-,23?,25?/m0/s1. The molecule has 4 atom stereocenters. The Labute approximate surface area is 202 Å². The van der Waals surface area contributed by atoms with Crippen LogP contribution in [0.15, 0.2) is 65.6 Å². The van der Waals surface area contributed by atoms with Crippen LogP contribution in [0.25, 0.3) is 0 Å².